The molecule has 1 aromatic carbocycles. The zero-order valence-corrected chi connectivity index (χ0v) is 17.9. The maximum absolute atomic E-state index is 10.9. The van der Waals surface area contributed by atoms with E-state index in [1.165, 1.54) is 16.7 Å². The number of nitrogens with zero attached hydrogens (tertiary/aromatic N) is 1. The molecule has 4 rings (SSSR count). The molecule has 2 heterocycles. The van der Waals surface area contributed by atoms with Gasteiger partial charge in [-0.15, -0.1) is 0 Å². The van der Waals surface area contributed by atoms with Gasteiger partial charge in [-0.2, -0.15) is 4.89 Å². The van der Waals surface area contributed by atoms with Crippen LogP contribution < -0.4 is 5.32 Å². The number of rotatable bonds is 8. The Balaban J connectivity index is 1.51. The smallest absolute Gasteiger partial charge is 0.169 e. The molecule has 3 unspecified atom stereocenters. The number of benzene rings is 1. The lowest BCUT2D eigenvalue weighted by Gasteiger charge is -2.40. The van der Waals surface area contributed by atoms with Crippen molar-refractivity contribution in [2.45, 2.75) is 50.7 Å². The fourth-order valence-electron chi connectivity index (χ4n) is 4.89. The number of nitrogens with one attached hydrogen (secondary N) is 1. The molecule has 30 heavy (non-hydrogen) atoms. The van der Waals surface area contributed by atoms with Crippen molar-refractivity contribution in [3.8, 4) is 0 Å². The van der Waals surface area contributed by atoms with Gasteiger partial charge in [0.25, 0.3) is 0 Å². The van der Waals surface area contributed by atoms with Crippen LogP contribution in [0.25, 0.3) is 0 Å². The predicted molar refractivity (Wildman–Crippen MR) is 119 cm³/mol. The van der Waals surface area contributed by atoms with Gasteiger partial charge in [-0.25, -0.2) is 0 Å². The van der Waals surface area contributed by atoms with E-state index in [2.05, 4.69) is 47.5 Å². The molecule has 0 radical (unpaired) electrons. The fraction of sp³-hybridized carbons (Fsp3) is 0.520. The van der Waals surface area contributed by atoms with Crippen LogP contribution in [0.15, 0.2) is 65.5 Å². The standard InChI is InChI=1S/C25H34N2O3/c1-2-8-24(28)20(19-9-4-3-5-10-19)13-15-27-16-14-26-17-23(27)22-18-29-30-25-12-7-6-11-21(22)25/h3-7,9-10,12,20,23-24,26,28H,2,8,11,13-18H2,1H3. The van der Waals surface area contributed by atoms with Crippen molar-refractivity contribution >= 4 is 0 Å². The van der Waals surface area contributed by atoms with Crippen LogP contribution in [0, 0.1) is 0 Å². The van der Waals surface area contributed by atoms with Crippen LogP contribution in [0.1, 0.15) is 44.1 Å². The second-order valence-electron chi connectivity index (χ2n) is 8.43. The second-order valence-corrected chi connectivity index (χ2v) is 8.43. The van der Waals surface area contributed by atoms with Gasteiger partial charge in [-0.05, 0) is 43.0 Å². The normalized spacial score (nSPS) is 24.1. The number of hydrogen-bond donors (Lipinski definition) is 2. The molecular weight excluding hydrogens is 376 g/mol. The van der Waals surface area contributed by atoms with E-state index >= 15 is 0 Å². The van der Waals surface area contributed by atoms with Gasteiger partial charge in [0.05, 0.1) is 6.10 Å². The summed E-state index contributed by atoms with van der Waals surface area (Å²) in [5.41, 5.74) is 3.84. The lowest BCUT2D eigenvalue weighted by Crippen LogP contribution is -2.53. The first-order valence-electron chi connectivity index (χ1n) is 11.3. The van der Waals surface area contributed by atoms with E-state index in [0.29, 0.717) is 12.6 Å². The Labute approximate surface area is 180 Å². The third-order valence-electron chi connectivity index (χ3n) is 6.51. The number of aliphatic hydroxyl groups excluding tert-OH is 1. The first-order chi connectivity index (χ1) is 14.8. The monoisotopic (exact) mass is 410 g/mol. The van der Waals surface area contributed by atoms with Gasteiger partial charge in [-0.3, -0.25) is 4.90 Å². The highest BCUT2D eigenvalue weighted by molar-refractivity contribution is 5.42. The highest BCUT2D eigenvalue weighted by Crippen LogP contribution is 2.33. The molecular formula is C25H34N2O3. The predicted octanol–water partition coefficient (Wildman–Crippen LogP) is 3.70. The summed E-state index contributed by atoms with van der Waals surface area (Å²) in [7, 11) is 0. The van der Waals surface area contributed by atoms with Crippen molar-refractivity contribution in [3.63, 3.8) is 0 Å². The zero-order chi connectivity index (χ0) is 20.8. The molecule has 0 saturated carbocycles. The van der Waals surface area contributed by atoms with Gasteiger partial charge >= 0.3 is 0 Å². The van der Waals surface area contributed by atoms with Crippen molar-refractivity contribution in [2.75, 3.05) is 32.8 Å². The van der Waals surface area contributed by atoms with E-state index in [1.54, 1.807) is 0 Å². The van der Waals surface area contributed by atoms with E-state index in [0.717, 1.165) is 57.6 Å². The van der Waals surface area contributed by atoms with E-state index in [9.17, 15) is 5.11 Å². The number of aliphatic hydroxyl groups is 1. The number of hydrogen-bond acceptors (Lipinski definition) is 5. The molecule has 0 spiro atoms. The zero-order valence-electron chi connectivity index (χ0n) is 17.9. The third-order valence-corrected chi connectivity index (χ3v) is 6.51. The van der Waals surface area contributed by atoms with Crippen LogP contribution in [0.3, 0.4) is 0 Å². The molecule has 2 N–H and O–H groups in total. The fourth-order valence-corrected chi connectivity index (χ4v) is 4.89. The van der Waals surface area contributed by atoms with Crippen LogP contribution in [-0.4, -0.2) is 54.9 Å². The summed E-state index contributed by atoms with van der Waals surface area (Å²) in [6, 6.07) is 10.8. The van der Waals surface area contributed by atoms with Gasteiger partial charge in [0.15, 0.2) is 5.76 Å². The minimum absolute atomic E-state index is 0.165. The number of allylic oxidation sites excluding steroid dienone is 4. The average Bonchev–Trinajstić information content (AvgIpc) is 2.80. The van der Waals surface area contributed by atoms with E-state index < -0.39 is 0 Å². The molecule has 1 aromatic rings. The summed E-state index contributed by atoms with van der Waals surface area (Å²) in [5.74, 6) is 1.02. The van der Waals surface area contributed by atoms with Gasteiger partial charge < -0.3 is 15.3 Å². The number of piperazine rings is 1. The Kier molecular flexibility index (Phi) is 7.39. The van der Waals surface area contributed by atoms with Crippen LogP contribution in [0.4, 0.5) is 0 Å². The molecule has 2 aliphatic heterocycles. The summed E-state index contributed by atoms with van der Waals surface area (Å²) in [6.45, 7) is 6.53. The highest BCUT2D eigenvalue weighted by Gasteiger charge is 2.32. The van der Waals surface area contributed by atoms with Crippen LogP contribution >= 0.6 is 0 Å². The van der Waals surface area contributed by atoms with Gasteiger partial charge in [0.2, 0.25) is 0 Å². The van der Waals surface area contributed by atoms with Gasteiger partial charge in [-0.1, -0.05) is 55.8 Å². The molecule has 162 valence electrons. The summed E-state index contributed by atoms with van der Waals surface area (Å²) >= 11 is 0. The molecule has 1 saturated heterocycles. The Bertz CT molecular complexity index is 787. The lowest BCUT2D eigenvalue weighted by atomic mass is 9.87. The van der Waals surface area contributed by atoms with Gasteiger partial charge in [0.1, 0.15) is 6.61 Å². The maximum Gasteiger partial charge on any atom is 0.169 e. The summed E-state index contributed by atoms with van der Waals surface area (Å²) in [6.07, 6.45) is 9.59. The van der Waals surface area contributed by atoms with Crippen molar-refractivity contribution in [1.29, 1.82) is 0 Å². The van der Waals surface area contributed by atoms with Crippen LogP contribution in [0.5, 0.6) is 0 Å². The van der Waals surface area contributed by atoms with Crippen molar-refractivity contribution in [1.82, 2.24) is 10.2 Å². The first kappa shape index (κ1) is 21.3. The Morgan fingerprint density at radius 2 is 2.10 bits per heavy atom. The summed E-state index contributed by atoms with van der Waals surface area (Å²) < 4.78 is 0. The minimum Gasteiger partial charge on any atom is -0.392 e. The molecule has 0 amide bonds. The average molecular weight is 411 g/mol. The van der Waals surface area contributed by atoms with Crippen molar-refractivity contribution < 1.29 is 14.9 Å². The molecule has 1 aliphatic carbocycles. The van der Waals surface area contributed by atoms with Crippen LogP contribution in [-0.2, 0) is 9.78 Å². The Hall–Kier alpha value is -1.92. The largest absolute Gasteiger partial charge is 0.392 e. The van der Waals surface area contributed by atoms with Crippen LogP contribution in [0.2, 0.25) is 0 Å². The molecule has 1 fully saturated rings. The first-order valence-corrected chi connectivity index (χ1v) is 11.3. The SMILES string of the molecule is CCCC(O)C(CCN1CCNCC1C1=C2CC=CC=C2OOC1)c1ccccc1. The molecule has 5 nitrogen and oxygen atoms in total. The van der Waals surface area contributed by atoms with E-state index in [-0.39, 0.29) is 12.0 Å². The molecule has 3 aliphatic rings. The number of fused-ring (bicyclic) bond motifs is 1. The quantitative estimate of drug-likeness (QED) is 0.640. The molecule has 3 atom stereocenters. The van der Waals surface area contributed by atoms with Gasteiger partial charge in [0, 0.05) is 37.2 Å². The van der Waals surface area contributed by atoms with Crippen molar-refractivity contribution in [2.24, 2.45) is 0 Å². The second kappa shape index (κ2) is 10.4. The lowest BCUT2D eigenvalue weighted by molar-refractivity contribution is -0.260. The van der Waals surface area contributed by atoms with E-state index in [4.69, 9.17) is 9.78 Å². The topological polar surface area (TPSA) is 54.0 Å². The molecule has 0 bridgehead atoms. The summed E-state index contributed by atoms with van der Waals surface area (Å²) in [5, 5.41) is 14.4. The minimum atomic E-state index is -0.301. The summed E-state index contributed by atoms with van der Waals surface area (Å²) in [4.78, 5) is 13.5. The molecule has 0 aromatic heterocycles. The Morgan fingerprint density at radius 3 is 2.93 bits per heavy atom. The van der Waals surface area contributed by atoms with E-state index in [1.807, 2.05) is 18.2 Å². The third kappa shape index (κ3) is 4.86. The van der Waals surface area contributed by atoms with Crippen molar-refractivity contribution in [3.05, 3.63) is 71.0 Å². The maximum atomic E-state index is 10.9. The molecule has 5 heteroatoms. The Morgan fingerprint density at radius 1 is 1.23 bits per heavy atom. The highest BCUT2D eigenvalue weighted by atomic mass is 17.2.